The van der Waals surface area contributed by atoms with E-state index in [-0.39, 0.29) is 0 Å². The van der Waals surface area contributed by atoms with Gasteiger partial charge in [-0.05, 0) is 49.0 Å². The summed E-state index contributed by atoms with van der Waals surface area (Å²) < 4.78 is 0. The van der Waals surface area contributed by atoms with E-state index in [1.165, 1.54) is 50.9 Å². The molecule has 2 nitrogen and oxygen atoms in total. The van der Waals surface area contributed by atoms with E-state index in [0.29, 0.717) is 6.04 Å². The standard InChI is InChI=1S/C19H28N2/c1-2-4-15(5-3-1)12-19-14-21(9-8-20-19)13-18-11-16-6-7-17(18)10-16/h1-5,16-20H,6-14H2. The fourth-order valence-electron chi connectivity index (χ4n) is 5.03. The normalized spacial score (nSPS) is 36.2. The first kappa shape index (κ1) is 13.8. The van der Waals surface area contributed by atoms with Crippen LogP contribution in [0.5, 0.6) is 0 Å². The van der Waals surface area contributed by atoms with Gasteiger partial charge >= 0.3 is 0 Å². The van der Waals surface area contributed by atoms with E-state index in [1.807, 2.05) is 0 Å². The summed E-state index contributed by atoms with van der Waals surface area (Å²) in [5.41, 5.74) is 1.47. The quantitative estimate of drug-likeness (QED) is 0.914. The molecular weight excluding hydrogens is 256 g/mol. The van der Waals surface area contributed by atoms with Gasteiger partial charge in [-0.15, -0.1) is 0 Å². The molecule has 1 saturated heterocycles. The average Bonchev–Trinajstić information content (AvgIpc) is 3.11. The van der Waals surface area contributed by atoms with Gasteiger partial charge in [0.05, 0.1) is 0 Å². The Hall–Kier alpha value is -0.860. The summed E-state index contributed by atoms with van der Waals surface area (Å²) in [6, 6.07) is 11.6. The maximum absolute atomic E-state index is 3.71. The zero-order valence-corrected chi connectivity index (χ0v) is 13.0. The van der Waals surface area contributed by atoms with Crippen LogP contribution in [0, 0.1) is 17.8 Å². The molecule has 0 aromatic heterocycles. The van der Waals surface area contributed by atoms with Gasteiger partial charge in [0, 0.05) is 32.2 Å². The van der Waals surface area contributed by atoms with Crippen LogP contribution in [-0.2, 0) is 6.42 Å². The van der Waals surface area contributed by atoms with E-state index >= 15 is 0 Å². The third-order valence-corrected chi connectivity index (χ3v) is 6.04. The predicted molar refractivity (Wildman–Crippen MR) is 87.3 cm³/mol. The number of piperazine rings is 1. The Labute approximate surface area is 128 Å². The predicted octanol–water partition coefficient (Wildman–Crippen LogP) is 2.94. The summed E-state index contributed by atoms with van der Waals surface area (Å²) in [6.07, 6.45) is 7.30. The second-order valence-corrected chi connectivity index (χ2v) is 7.54. The molecule has 0 amide bonds. The molecule has 0 spiro atoms. The van der Waals surface area contributed by atoms with Crippen molar-refractivity contribution in [1.82, 2.24) is 10.2 Å². The maximum atomic E-state index is 3.71. The summed E-state index contributed by atoms with van der Waals surface area (Å²) in [6.45, 7) is 5.02. The first-order chi connectivity index (χ1) is 10.4. The monoisotopic (exact) mass is 284 g/mol. The Kier molecular flexibility index (Phi) is 4.00. The molecule has 1 aromatic carbocycles. The average molecular weight is 284 g/mol. The largest absolute Gasteiger partial charge is 0.311 e. The van der Waals surface area contributed by atoms with Crippen LogP contribution in [-0.4, -0.2) is 37.1 Å². The maximum Gasteiger partial charge on any atom is 0.0235 e. The highest BCUT2D eigenvalue weighted by molar-refractivity contribution is 5.16. The van der Waals surface area contributed by atoms with E-state index in [9.17, 15) is 0 Å². The van der Waals surface area contributed by atoms with Crippen LogP contribution in [0.3, 0.4) is 0 Å². The van der Waals surface area contributed by atoms with E-state index in [4.69, 9.17) is 0 Å². The van der Waals surface area contributed by atoms with Crippen LogP contribution in [0.2, 0.25) is 0 Å². The Morgan fingerprint density at radius 2 is 2.00 bits per heavy atom. The van der Waals surface area contributed by atoms with E-state index in [1.54, 1.807) is 6.42 Å². The molecule has 1 N–H and O–H groups in total. The molecule has 2 saturated carbocycles. The molecule has 4 rings (SSSR count). The molecule has 2 heteroatoms. The van der Waals surface area contributed by atoms with Crippen LogP contribution in [0.1, 0.15) is 31.2 Å². The summed E-state index contributed by atoms with van der Waals surface area (Å²) in [5, 5.41) is 3.71. The first-order valence-electron chi connectivity index (χ1n) is 8.86. The van der Waals surface area contributed by atoms with Crippen molar-refractivity contribution in [2.24, 2.45) is 17.8 Å². The lowest BCUT2D eigenvalue weighted by molar-refractivity contribution is 0.148. The fourth-order valence-corrected chi connectivity index (χ4v) is 5.03. The topological polar surface area (TPSA) is 15.3 Å². The van der Waals surface area contributed by atoms with Crippen molar-refractivity contribution in [1.29, 1.82) is 0 Å². The van der Waals surface area contributed by atoms with Gasteiger partial charge in [-0.1, -0.05) is 36.8 Å². The van der Waals surface area contributed by atoms with Crippen molar-refractivity contribution in [3.63, 3.8) is 0 Å². The van der Waals surface area contributed by atoms with Crippen molar-refractivity contribution in [3.05, 3.63) is 35.9 Å². The van der Waals surface area contributed by atoms with Gasteiger partial charge in [0.25, 0.3) is 0 Å². The fraction of sp³-hybridized carbons (Fsp3) is 0.684. The number of rotatable bonds is 4. The Morgan fingerprint density at radius 3 is 2.76 bits per heavy atom. The zero-order valence-electron chi connectivity index (χ0n) is 13.0. The van der Waals surface area contributed by atoms with Crippen molar-refractivity contribution >= 4 is 0 Å². The minimum Gasteiger partial charge on any atom is -0.311 e. The smallest absolute Gasteiger partial charge is 0.0235 e. The third-order valence-electron chi connectivity index (χ3n) is 6.04. The molecule has 1 heterocycles. The molecule has 2 bridgehead atoms. The zero-order chi connectivity index (χ0) is 14.1. The summed E-state index contributed by atoms with van der Waals surface area (Å²) in [5.74, 6) is 3.17. The van der Waals surface area contributed by atoms with Gasteiger partial charge in [0.2, 0.25) is 0 Å². The minimum atomic E-state index is 0.639. The number of nitrogens with zero attached hydrogens (tertiary/aromatic N) is 1. The van der Waals surface area contributed by atoms with Gasteiger partial charge in [-0.25, -0.2) is 0 Å². The van der Waals surface area contributed by atoms with Crippen LogP contribution in [0.15, 0.2) is 30.3 Å². The highest BCUT2D eigenvalue weighted by atomic mass is 15.2. The number of fused-ring (bicyclic) bond motifs is 2. The van der Waals surface area contributed by atoms with Crippen molar-refractivity contribution in [2.75, 3.05) is 26.2 Å². The van der Waals surface area contributed by atoms with E-state index < -0.39 is 0 Å². The molecule has 2 aliphatic carbocycles. The second kappa shape index (κ2) is 6.10. The summed E-state index contributed by atoms with van der Waals surface area (Å²) in [4.78, 5) is 2.75. The van der Waals surface area contributed by atoms with Crippen LogP contribution in [0.4, 0.5) is 0 Å². The second-order valence-electron chi connectivity index (χ2n) is 7.54. The molecule has 114 valence electrons. The number of nitrogens with one attached hydrogen (secondary N) is 1. The lowest BCUT2D eigenvalue weighted by Gasteiger charge is -2.37. The molecule has 3 aliphatic rings. The molecular formula is C19H28N2. The molecule has 3 fully saturated rings. The van der Waals surface area contributed by atoms with E-state index in [0.717, 1.165) is 24.3 Å². The number of hydrogen-bond acceptors (Lipinski definition) is 2. The van der Waals surface area contributed by atoms with Gasteiger partial charge in [0.1, 0.15) is 0 Å². The highest BCUT2D eigenvalue weighted by Gasteiger charge is 2.40. The minimum absolute atomic E-state index is 0.639. The molecule has 4 atom stereocenters. The molecule has 0 radical (unpaired) electrons. The third kappa shape index (κ3) is 3.17. The lowest BCUT2D eigenvalue weighted by atomic mass is 9.88. The van der Waals surface area contributed by atoms with Crippen molar-refractivity contribution in [2.45, 2.75) is 38.1 Å². The van der Waals surface area contributed by atoms with Gasteiger partial charge in [-0.2, -0.15) is 0 Å². The van der Waals surface area contributed by atoms with Crippen LogP contribution >= 0.6 is 0 Å². The summed E-state index contributed by atoms with van der Waals surface area (Å²) >= 11 is 0. The van der Waals surface area contributed by atoms with E-state index in [2.05, 4.69) is 40.5 Å². The Bertz CT molecular complexity index is 458. The van der Waals surface area contributed by atoms with Crippen LogP contribution < -0.4 is 5.32 Å². The molecule has 1 aliphatic heterocycles. The van der Waals surface area contributed by atoms with Gasteiger partial charge in [-0.3, -0.25) is 0 Å². The number of benzene rings is 1. The van der Waals surface area contributed by atoms with Crippen molar-refractivity contribution in [3.8, 4) is 0 Å². The molecule has 1 aromatic rings. The SMILES string of the molecule is c1ccc(CC2CN(CC3CC4CCC3C4)CCN2)cc1. The Morgan fingerprint density at radius 1 is 1.10 bits per heavy atom. The van der Waals surface area contributed by atoms with Crippen molar-refractivity contribution < 1.29 is 0 Å². The number of hydrogen-bond donors (Lipinski definition) is 1. The lowest BCUT2D eigenvalue weighted by Crippen LogP contribution is -2.52. The van der Waals surface area contributed by atoms with Gasteiger partial charge < -0.3 is 10.2 Å². The molecule has 4 unspecified atom stereocenters. The summed E-state index contributed by atoms with van der Waals surface area (Å²) in [7, 11) is 0. The van der Waals surface area contributed by atoms with Gasteiger partial charge in [0.15, 0.2) is 0 Å². The highest BCUT2D eigenvalue weighted by Crippen LogP contribution is 2.48. The first-order valence-corrected chi connectivity index (χ1v) is 8.86. The Balaban J connectivity index is 1.31. The van der Waals surface area contributed by atoms with Crippen LogP contribution in [0.25, 0.3) is 0 Å². The molecule has 21 heavy (non-hydrogen) atoms.